The Bertz CT molecular complexity index is 636. The first-order valence-electron chi connectivity index (χ1n) is 7.97. The van der Waals surface area contributed by atoms with E-state index in [0.29, 0.717) is 19.6 Å². The zero-order chi connectivity index (χ0) is 17.7. The normalized spacial score (nSPS) is 21.8. The van der Waals surface area contributed by atoms with E-state index < -0.39 is 28.9 Å². The molecule has 2 aliphatic rings. The quantitative estimate of drug-likeness (QED) is 0.788. The highest BCUT2D eigenvalue weighted by Gasteiger charge is 2.47. The molecule has 2 heterocycles. The maximum absolute atomic E-state index is 14.0. The maximum Gasteiger partial charge on any atom is 0.261 e. The lowest BCUT2D eigenvalue weighted by molar-refractivity contribution is -0.144. The van der Waals surface area contributed by atoms with Gasteiger partial charge in [-0.15, -0.1) is 0 Å². The molecule has 2 aliphatic heterocycles. The number of carbonyl (C=O) groups excluding carboxylic acids is 1. The van der Waals surface area contributed by atoms with Crippen LogP contribution in [0.5, 0.6) is 0 Å². The number of hydrogen-bond donors (Lipinski definition) is 0. The second kappa shape index (κ2) is 5.72. The molecule has 0 spiro atoms. The Morgan fingerprint density at radius 3 is 2.29 bits per heavy atom. The number of halogens is 4. The molecule has 7 heteroatoms. The van der Waals surface area contributed by atoms with Crippen molar-refractivity contribution in [3.05, 3.63) is 35.4 Å². The monoisotopic (exact) mass is 344 g/mol. The molecule has 0 aromatic heterocycles. The third-order valence-electron chi connectivity index (χ3n) is 4.99. The van der Waals surface area contributed by atoms with Crippen molar-refractivity contribution >= 4 is 5.91 Å². The molecule has 0 radical (unpaired) electrons. The number of alkyl halides is 2. The van der Waals surface area contributed by atoms with Crippen molar-refractivity contribution < 1.29 is 22.4 Å². The Balaban J connectivity index is 1.68. The fourth-order valence-corrected chi connectivity index (χ4v) is 3.52. The van der Waals surface area contributed by atoms with Crippen LogP contribution < -0.4 is 0 Å². The zero-order valence-electron chi connectivity index (χ0n) is 13.7. The van der Waals surface area contributed by atoms with E-state index in [9.17, 15) is 22.4 Å². The van der Waals surface area contributed by atoms with E-state index in [1.807, 2.05) is 0 Å². The summed E-state index contributed by atoms with van der Waals surface area (Å²) in [6.45, 7) is 3.61. The molecule has 24 heavy (non-hydrogen) atoms. The van der Waals surface area contributed by atoms with E-state index in [0.717, 1.165) is 12.1 Å². The molecule has 0 aliphatic carbocycles. The number of likely N-dealkylation sites (tertiary alicyclic amines) is 2. The van der Waals surface area contributed by atoms with Gasteiger partial charge in [-0.3, -0.25) is 9.69 Å². The summed E-state index contributed by atoms with van der Waals surface area (Å²) >= 11 is 0. The van der Waals surface area contributed by atoms with Crippen LogP contribution in [0.15, 0.2) is 18.2 Å². The zero-order valence-corrected chi connectivity index (χ0v) is 13.7. The van der Waals surface area contributed by atoms with Gasteiger partial charge in [0.2, 0.25) is 5.91 Å². The molecule has 0 atom stereocenters. The predicted molar refractivity (Wildman–Crippen MR) is 80.9 cm³/mol. The first kappa shape index (κ1) is 17.2. The molecule has 1 aromatic rings. The van der Waals surface area contributed by atoms with E-state index in [4.69, 9.17) is 0 Å². The fourth-order valence-electron chi connectivity index (χ4n) is 3.52. The van der Waals surface area contributed by atoms with Gasteiger partial charge in [0.25, 0.3) is 5.92 Å². The van der Waals surface area contributed by atoms with Gasteiger partial charge in [-0.05, 0) is 26.0 Å². The minimum Gasteiger partial charge on any atom is -0.339 e. The largest absolute Gasteiger partial charge is 0.339 e. The first-order valence-corrected chi connectivity index (χ1v) is 7.97. The van der Waals surface area contributed by atoms with Crippen molar-refractivity contribution in [3.63, 3.8) is 0 Å². The lowest BCUT2D eigenvalue weighted by Gasteiger charge is -2.46. The van der Waals surface area contributed by atoms with Gasteiger partial charge in [-0.2, -0.15) is 0 Å². The standard InChI is InChI=1S/C17H20F4N2O/c1-16(2,14-12(18)4-3-5-13(14)19)15(24)23-8-11(9-23)22-7-6-17(20,21)10-22/h3-5,11H,6-10H2,1-2H3. The summed E-state index contributed by atoms with van der Waals surface area (Å²) in [6.07, 6.45) is -0.163. The molecule has 0 saturated carbocycles. The minimum absolute atomic E-state index is 0.108. The van der Waals surface area contributed by atoms with Crippen LogP contribution in [-0.2, 0) is 10.2 Å². The van der Waals surface area contributed by atoms with Crippen LogP contribution in [0, 0.1) is 11.6 Å². The molecular formula is C17H20F4N2O. The molecule has 2 fully saturated rings. The summed E-state index contributed by atoms with van der Waals surface area (Å²) in [4.78, 5) is 15.8. The third-order valence-corrected chi connectivity index (χ3v) is 4.99. The topological polar surface area (TPSA) is 23.6 Å². The van der Waals surface area contributed by atoms with Crippen LogP contribution in [0.2, 0.25) is 0 Å². The molecule has 132 valence electrons. The molecular weight excluding hydrogens is 324 g/mol. The highest BCUT2D eigenvalue weighted by molar-refractivity contribution is 5.88. The molecule has 0 unspecified atom stereocenters. The van der Waals surface area contributed by atoms with Gasteiger partial charge in [-0.1, -0.05) is 6.07 Å². The van der Waals surface area contributed by atoms with Crippen LogP contribution in [0.25, 0.3) is 0 Å². The lowest BCUT2D eigenvalue weighted by atomic mass is 9.81. The van der Waals surface area contributed by atoms with Crippen LogP contribution in [-0.4, -0.2) is 53.9 Å². The van der Waals surface area contributed by atoms with Gasteiger partial charge in [0.05, 0.1) is 12.0 Å². The fraction of sp³-hybridized carbons (Fsp3) is 0.588. The van der Waals surface area contributed by atoms with E-state index in [2.05, 4.69) is 0 Å². The van der Waals surface area contributed by atoms with Crippen molar-refractivity contribution in [1.82, 2.24) is 9.80 Å². The van der Waals surface area contributed by atoms with Gasteiger partial charge in [0, 0.05) is 37.7 Å². The molecule has 0 N–H and O–H groups in total. The molecule has 3 rings (SSSR count). The molecule has 2 saturated heterocycles. The smallest absolute Gasteiger partial charge is 0.261 e. The summed E-state index contributed by atoms with van der Waals surface area (Å²) < 4.78 is 54.5. The van der Waals surface area contributed by atoms with E-state index in [1.165, 1.54) is 24.8 Å². The highest BCUT2D eigenvalue weighted by atomic mass is 19.3. The van der Waals surface area contributed by atoms with Crippen molar-refractivity contribution in [2.75, 3.05) is 26.2 Å². The van der Waals surface area contributed by atoms with E-state index in [1.54, 1.807) is 4.90 Å². The van der Waals surface area contributed by atoms with Crippen molar-refractivity contribution in [3.8, 4) is 0 Å². The van der Waals surface area contributed by atoms with Gasteiger partial charge < -0.3 is 4.90 Å². The Morgan fingerprint density at radius 1 is 1.21 bits per heavy atom. The molecule has 0 bridgehead atoms. The Kier molecular flexibility index (Phi) is 4.10. The third kappa shape index (κ3) is 2.90. The van der Waals surface area contributed by atoms with Crippen LogP contribution in [0.4, 0.5) is 17.6 Å². The number of hydrogen-bond acceptors (Lipinski definition) is 2. The summed E-state index contributed by atoms with van der Waals surface area (Å²) in [7, 11) is 0. The average molecular weight is 344 g/mol. The summed E-state index contributed by atoms with van der Waals surface area (Å²) in [5.41, 5.74) is -1.61. The van der Waals surface area contributed by atoms with Gasteiger partial charge in [0.15, 0.2) is 0 Å². The average Bonchev–Trinajstić information content (AvgIpc) is 2.76. The van der Waals surface area contributed by atoms with Crippen LogP contribution >= 0.6 is 0 Å². The number of nitrogens with zero attached hydrogens (tertiary/aromatic N) is 2. The maximum atomic E-state index is 14.0. The molecule has 3 nitrogen and oxygen atoms in total. The van der Waals surface area contributed by atoms with Gasteiger partial charge >= 0.3 is 0 Å². The van der Waals surface area contributed by atoms with E-state index >= 15 is 0 Å². The van der Waals surface area contributed by atoms with Crippen molar-refractivity contribution in [2.45, 2.75) is 37.6 Å². The summed E-state index contributed by atoms with van der Waals surface area (Å²) in [6, 6.07) is 3.39. The second-order valence-corrected chi connectivity index (χ2v) is 7.16. The molecule has 1 amide bonds. The Morgan fingerprint density at radius 2 is 1.79 bits per heavy atom. The highest BCUT2D eigenvalue weighted by Crippen LogP contribution is 2.34. The Labute approximate surface area is 138 Å². The number of rotatable bonds is 3. The molecule has 1 aromatic carbocycles. The SMILES string of the molecule is CC(C)(C(=O)N1CC(N2CCC(F)(F)C2)C1)c1c(F)cccc1F. The first-order chi connectivity index (χ1) is 11.1. The van der Waals surface area contributed by atoms with Crippen molar-refractivity contribution in [2.24, 2.45) is 0 Å². The van der Waals surface area contributed by atoms with Crippen molar-refractivity contribution in [1.29, 1.82) is 0 Å². The number of benzene rings is 1. The lowest BCUT2D eigenvalue weighted by Crippen LogP contribution is -2.63. The van der Waals surface area contributed by atoms with Gasteiger partial charge in [-0.25, -0.2) is 17.6 Å². The van der Waals surface area contributed by atoms with Gasteiger partial charge in [0.1, 0.15) is 11.6 Å². The second-order valence-electron chi connectivity index (χ2n) is 7.16. The summed E-state index contributed by atoms with van der Waals surface area (Å²) in [5, 5.41) is 0. The van der Waals surface area contributed by atoms with E-state index in [-0.39, 0.29) is 24.6 Å². The summed E-state index contributed by atoms with van der Waals surface area (Å²) in [5.74, 6) is -4.58. The Hall–Kier alpha value is -1.63. The number of carbonyl (C=O) groups is 1. The van der Waals surface area contributed by atoms with Crippen LogP contribution in [0.1, 0.15) is 25.8 Å². The minimum atomic E-state index is -2.67. The van der Waals surface area contributed by atoms with Crippen LogP contribution in [0.3, 0.4) is 0 Å². The number of amides is 1. The predicted octanol–water partition coefficient (Wildman–Crippen LogP) is 2.79.